The average Bonchev–Trinajstić information content (AvgIpc) is 3.30. The Morgan fingerprint density at radius 3 is 0.892 bits per heavy atom. The van der Waals surface area contributed by atoms with E-state index in [2.05, 4.69) is 81.5 Å². The van der Waals surface area contributed by atoms with E-state index in [1.165, 1.54) is 135 Å². The summed E-state index contributed by atoms with van der Waals surface area (Å²) in [5, 5.41) is 0. The van der Waals surface area contributed by atoms with Crippen LogP contribution in [0.3, 0.4) is 0 Å². The van der Waals surface area contributed by atoms with Crippen LogP contribution in [0.4, 0.5) is 0 Å². The van der Waals surface area contributed by atoms with Crippen molar-refractivity contribution in [3.8, 4) is 0 Å². The lowest BCUT2D eigenvalue weighted by molar-refractivity contribution is -0.167. The molecule has 0 N–H and O–H groups in total. The first kappa shape index (κ1) is 62.1. The van der Waals surface area contributed by atoms with Crippen molar-refractivity contribution >= 4 is 17.9 Å². The highest BCUT2D eigenvalue weighted by molar-refractivity contribution is 5.71. The summed E-state index contributed by atoms with van der Waals surface area (Å²) in [5.41, 5.74) is 0. The number of allylic oxidation sites excluding steroid dienone is 10. The molecule has 0 amide bonds. The van der Waals surface area contributed by atoms with E-state index >= 15 is 0 Å². The van der Waals surface area contributed by atoms with Gasteiger partial charge in [-0.2, -0.15) is 0 Å². The molecule has 0 heterocycles. The number of rotatable bonds is 50. The van der Waals surface area contributed by atoms with Gasteiger partial charge in [0.15, 0.2) is 6.10 Å². The fourth-order valence-corrected chi connectivity index (χ4v) is 7.77. The van der Waals surface area contributed by atoms with Gasteiger partial charge in [0, 0.05) is 19.3 Å². The summed E-state index contributed by atoms with van der Waals surface area (Å²) in [6, 6.07) is 0. The topological polar surface area (TPSA) is 78.9 Å². The zero-order chi connectivity index (χ0) is 47.2. The highest BCUT2D eigenvalue weighted by Gasteiger charge is 2.19. The van der Waals surface area contributed by atoms with Crippen molar-refractivity contribution in [2.45, 2.75) is 284 Å². The highest BCUT2D eigenvalue weighted by Crippen LogP contribution is 2.15. The lowest BCUT2D eigenvalue weighted by atomic mass is 10.0. The largest absolute Gasteiger partial charge is 0.462 e. The fourth-order valence-electron chi connectivity index (χ4n) is 7.77. The molecule has 0 saturated carbocycles. The minimum Gasteiger partial charge on any atom is -0.462 e. The Morgan fingerprint density at radius 1 is 0.308 bits per heavy atom. The number of ether oxygens (including phenoxy) is 3. The number of carbonyl (C=O) groups is 3. The van der Waals surface area contributed by atoms with Crippen LogP contribution in [0.2, 0.25) is 0 Å². The van der Waals surface area contributed by atoms with E-state index in [4.69, 9.17) is 14.2 Å². The number of carbonyl (C=O) groups excluding carboxylic acids is 3. The summed E-state index contributed by atoms with van der Waals surface area (Å²) in [4.78, 5) is 38.1. The van der Waals surface area contributed by atoms with Crippen molar-refractivity contribution in [3.05, 3.63) is 60.8 Å². The van der Waals surface area contributed by atoms with Crippen molar-refractivity contribution in [2.24, 2.45) is 0 Å². The molecule has 0 radical (unpaired) electrons. The Labute approximate surface area is 402 Å². The van der Waals surface area contributed by atoms with Crippen LogP contribution in [0.15, 0.2) is 60.8 Å². The molecule has 65 heavy (non-hydrogen) atoms. The van der Waals surface area contributed by atoms with Gasteiger partial charge in [0.1, 0.15) is 13.2 Å². The lowest BCUT2D eigenvalue weighted by Crippen LogP contribution is -2.30. The third-order valence-corrected chi connectivity index (χ3v) is 12.0. The van der Waals surface area contributed by atoms with E-state index in [-0.39, 0.29) is 31.1 Å². The van der Waals surface area contributed by atoms with Crippen LogP contribution < -0.4 is 0 Å². The van der Waals surface area contributed by atoms with Crippen molar-refractivity contribution in [1.29, 1.82) is 0 Å². The lowest BCUT2D eigenvalue weighted by Gasteiger charge is -2.18. The Morgan fingerprint density at radius 2 is 0.554 bits per heavy atom. The summed E-state index contributed by atoms with van der Waals surface area (Å²) < 4.78 is 16.8. The normalized spacial score (nSPS) is 12.5. The van der Waals surface area contributed by atoms with E-state index in [0.29, 0.717) is 19.3 Å². The van der Waals surface area contributed by atoms with Gasteiger partial charge in [-0.15, -0.1) is 0 Å². The van der Waals surface area contributed by atoms with Gasteiger partial charge >= 0.3 is 17.9 Å². The van der Waals surface area contributed by atoms with Crippen molar-refractivity contribution in [1.82, 2.24) is 0 Å². The quantitative estimate of drug-likeness (QED) is 0.0262. The van der Waals surface area contributed by atoms with Gasteiger partial charge in [-0.1, -0.05) is 229 Å². The second-order valence-corrected chi connectivity index (χ2v) is 18.5. The molecule has 0 unspecified atom stereocenters. The van der Waals surface area contributed by atoms with E-state index in [0.717, 1.165) is 103 Å². The van der Waals surface area contributed by atoms with Gasteiger partial charge in [-0.3, -0.25) is 14.4 Å². The van der Waals surface area contributed by atoms with Crippen molar-refractivity contribution in [3.63, 3.8) is 0 Å². The Kier molecular flexibility index (Phi) is 51.3. The minimum atomic E-state index is -0.785. The molecule has 0 fully saturated rings. The summed E-state index contributed by atoms with van der Waals surface area (Å²) >= 11 is 0. The molecule has 0 aliphatic carbocycles. The number of esters is 3. The maximum atomic E-state index is 12.8. The van der Waals surface area contributed by atoms with Crippen molar-refractivity contribution < 1.29 is 28.6 Å². The summed E-state index contributed by atoms with van der Waals surface area (Å²) in [6.07, 6.45) is 66.3. The van der Waals surface area contributed by atoms with Crippen LogP contribution in [0, 0.1) is 0 Å². The van der Waals surface area contributed by atoms with Gasteiger partial charge in [-0.25, -0.2) is 0 Å². The minimum absolute atomic E-state index is 0.0821. The average molecular weight is 909 g/mol. The van der Waals surface area contributed by atoms with Crippen LogP contribution in [0.1, 0.15) is 278 Å². The fraction of sp³-hybridized carbons (Fsp3) is 0.780. The zero-order valence-electron chi connectivity index (χ0n) is 43.0. The summed E-state index contributed by atoms with van der Waals surface area (Å²) in [5.74, 6) is -0.900. The monoisotopic (exact) mass is 909 g/mol. The third-order valence-electron chi connectivity index (χ3n) is 12.0. The molecule has 0 aromatic heterocycles. The molecule has 0 aromatic rings. The third kappa shape index (κ3) is 51.9. The van der Waals surface area contributed by atoms with Gasteiger partial charge in [0.05, 0.1) is 0 Å². The van der Waals surface area contributed by atoms with E-state index in [1.54, 1.807) is 0 Å². The molecular formula is C59H104O6. The van der Waals surface area contributed by atoms with Gasteiger partial charge in [-0.05, 0) is 89.9 Å². The van der Waals surface area contributed by atoms with Crippen LogP contribution in [0.5, 0.6) is 0 Å². The smallest absolute Gasteiger partial charge is 0.306 e. The molecule has 0 rings (SSSR count). The second-order valence-electron chi connectivity index (χ2n) is 18.5. The second kappa shape index (κ2) is 53.7. The van der Waals surface area contributed by atoms with E-state index in [1.807, 2.05) is 0 Å². The molecule has 6 heteroatoms. The molecule has 376 valence electrons. The molecule has 0 saturated heterocycles. The van der Waals surface area contributed by atoms with Gasteiger partial charge < -0.3 is 14.2 Å². The number of hydrogen-bond acceptors (Lipinski definition) is 6. The molecule has 0 bridgehead atoms. The highest BCUT2D eigenvalue weighted by atomic mass is 16.6. The maximum absolute atomic E-state index is 12.8. The maximum Gasteiger partial charge on any atom is 0.306 e. The standard InChI is InChI=1S/C59H104O6/c1-4-7-10-13-16-19-22-25-27-28-29-30-32-34-37-40-43-46-49-52-58(61)64-55-56(54-63-57(60)51-48-45-42-39-36-33-24-21-18-15-12-9-6-3)65-59(62)53-50-47-44-41-38-35-31-26-23-20-17-14-11-8-5-2/h16-17,19-20,25-27,29-31,56H,4-15,18,21-24,28,32-55H2,1-3H3/b19-16-,20-17-,27-25-,30-29-,31-26-/t56-/m1/s1. The number of hydrogen-bond donors (Lipinski definition) is 0. The SMILES string of the molecule is CCCCC/C=C\C/C=C\C/C=C\CCCCCCCCC(=O)OC[C@@H](COC(=O)CCCCCCCCCCCCCCC)OC(=O)CCCCCCC/C=C\C/C=C\CCCCC. The molecule has 0 spiro atoms. The van der Waals surface area contributed by atoms with E-state index < -0.39 is 6.10 Å². The van der Waals surface area contributed by atoms with Crippen LogP contribution in [0.25, 0.3) is 0 Å². The molecular weight excluding hydrogens is 805 g/mol. The first-order chi connectivity index (χ1) is 32.0. The summed E-state index contributed by atoms with van der Waals surface area (Å²) in [7, 11) is 0. The Balaban J connectivity index is 4.40. The van der Waals surface area contributed by atoms with Gasteiger partial charge in [0.25, 0.3) is 0 Å². The first-order valence-corrected chi connectivity index (χ1v) is 27.8. The zero-order valence-corrected chi connectivity index (χ0v) is 43.0. The van der Waals surface area contributed by atoms with Crippen molar-refractivity contribution in [2.75, 3.05) is 13.2 Å². The number of unbranched alkanes of at least 4 members (excludes halogenated alkanes) is 29. The molecule has 6 nitrogen and oxygen atoms in total. The molecule has 1 atom stereocenters. The first-order valence-electron chi connectivity index (χ1n) is 27.8. The van der Waals surface area contributed by atoms with Crippen LogP contribution in [-0.2, 0) is 28.6 Å². The van der Waals surface area contributed by atoms with E-state index in [9.17, 15) is 14.4 Å². The predicted octanol–water partition coefficient (Wildman–Crippen LogP) is 18.4. The molecule has 0 aliphatic heterocycles. The van der Waals surface area contributed by atoms with Crippen LogP contribution in [-0.4, -0.2) is 37.2 Å². The molecule has 0 aliphatic rings. The van der Waals surface area contributed by atoms with Gasteiger partial charge in [0.2, 0.25) is 0 Å². The Hall–Kier alpha value is -2.89. The Bertz CT molecular complexity index is 1180. The predicted molar refractivity (Wildman–Crippen MR) is 279 cm³/mol. The molecule has 0 aromatic carbocycles. The summed E-state index contributed by atoms with van der Waals surface area (Å²) in [6.45, 7) is 6.58. The van der Waals surface area contributed by atoms with Crippen LogP contribution >= 0.6 is 0 Å².